The second-order valence-electron chi connectivity index (χ2n) is 1.57. The summed E-state index contributed by atoms with van der Waals surface area (Å²) in [4.78, 5) is 15.5. The number of carbonyl (C=O) groups excluding carboxylic acids is 2. The molecule has 0 heterocycles. The fourth-order valence-electron chi connectivity index (χ4n) is 0.722. The Morgan fingerprint density at radius 2 is 1.18 bits per heavy atom. The standard InChI is InChI=1S/C5H9.2CHO.CH3.Ru/c1-2-4-5-3-1;2*1-2;;/h1H,2-5H2;2*1H;1H3;/q4*-1;+4. The van der Waals surface area contributed by atoms with Gasteiger partial charge in [-0.25, -0.2) is 0 Å². The zero-order valence-corrected chi connectivity index (χ0v) is 8.47. The van der Waals surface area contributed by atoms with Gasteiger partial charge < -0.3 is 23.4 Å². The molecule has 3 heteroatoms. The van der Waals surface area contributed by atoms with Crippen LogP contribution in [0.25, 0.3) is 0 Å². The Kier molecular flexibility index (Phi) is 66.3. The predicted molar refractivity (Wildman–Crippen MR) is 42.7 cm³/mol. The molecule has 2 nitrogen and oxygen atoms in total. The van der Waals surface area contributed by atoms with Crippen LogP contribution in [0.2, 0.25) is 0 Å². The van der Waals surface area contributed by atoms with Crippen LogP contribution in [0.4, 0.5) is 0 Å². The summed E-state index contributed by atoms with van der Waals surface area (Å²) in [7, 11) is 0. The molecule has 0 radical (unpaired) electrons. The second kappa shape index (κ2) is 32.5. The molecular formula is C8H14O2Ru. The topological polar surface area (TPSA) is 34.1 Å². The summed E-state index contributed by atoms with van der Waals surface area (Å²) >= 11 is 0. The third kappa shape index (κ3) is 25.6. The largest absolute Gasteiger partial charge is 4.00 e. The first-order chi connectivity index (χ1) is 4.50. The smallest absolute Gasteiger partial charge is 0.545 e. The van der Waals surface area contributed by atoms with Crippen molar-refractivity contribution in [3.05, 3.63) is 13.8 Å². The van der Waals surface area contributed by atoms with Crippen LogP contribution in [0.1, 0.15) is 25.7 Å². The van der Waals surface area contributed by atoms with Crippen molar-refractivity contribution in [3.8, 4) is 0 Å². The molecule has 0 atom stereocenters. The molecule has 66 valence electrons. The third-order valence-corrected chi connectivity index (χ3v) is 1.07. The average molecular weight is 243 g/mol. The number of rotatable bonds is 0. The van der Waals surface area contributed by atoms with Gasteiger partial charge >= 0.3 is 19.5 Å². The van der Waals surface area contributed by atoms with Crippen molar-refractivity contribution in [1.29, 1.82) is 0 Å². The van der Waals surface area contributed by atoms with E-state index in [1.54, 1.807) is 0 Å². The van der Waals surface area contributed by atoms with E-state index in [2.05, 4.69) is 20.0 Å². The van der Waals surface area contributed by atoms with E-state index >= 15 is 0 Å². The molecule has 0 aromatic rings. The fraction of sp³-hybridized carbons (Fsp3) is 0.500. The summed E-state index contributed by atoms with van der Waals surface area (Å²) in [5.41, 5.74) is 0. The van der Waals surface area contributed by atoms with Gasteiger partial charge in [0, 0.05) is 0 Å². The molecule has 0 amide bonds. The molecule has 0 N–H and O–H groups in total. The summed E-state index contributed by atoms with van der Waals surface area (Å²) in [6.07, 6.45) is 8.00. The molecule has 0 spiro atoms. The van der Waals surface area contributed by atoms with Crippen molar-refractivity contribution in [3.63, 3.8) is 0 Å². The van der Waals surface area contributed by atoms with Crippen LogP contribution in [0, 0.1) is 13.8 Å². The van der Waals surface area contributed by atoms with Gasteiger partial charge in [-0.05, 0) is 0 Å². The molecule has 0 aromatic carbocycles. The van der Waals surface area contributed by atoms with Crippen molar-refractivity contribution in [2.45, 2.75) is 25.7 Å². The Morgan fingerprint density at radius 3 is 1.27 bits per heavy atom. The van der Waals surface area contributed by atoms with Crippen molar-refractivity contribution in [1.82, 2.24) is 0 Å². The molecule has 1 aliphatic carbocycles. The van der Waals surface area contributed by atoms with E-state index in [-0.39, 0.29) is 26.9 Å². The maximum absolute atomic E-state index is 7.75. The van der Waals surface area contributed by atoms with Gasteiger partial charge in [0.25, 0.3) is 0 Å². The van der Waals surface area contributed by atoms with E-state index in [9.17, 15) is 0 Å². The summed E-state index contributed by atoms with van der Waals surface area (Å²) in [6.45, 7) is 6.50. The van der Waals surface area contributed by atoms with Gasteiger partial charge in [0.15, 0.2) is 0 Å². The summed E-state index contributed by atoms with van der Waals surface area (Å²) in [5, 5.41) is 0. The fourth-order valence-corrected chi connectivity index (χ4v) is 0.722. The molecule has 0 saturated heterocycles. The molecule has 0 aromatic heterocycles. The average Bonchev–Trinajstić information content (AvgIpc) is 2.51. The van der Waals surface area contributed by atoms with E-state index in [0.29, 0.717) is 0 Å². The normalized spacial score (nSPS) is 11.6. The van der Waals surface area contributed by atoms with Gasteiger partial charge in [0.2, 0.25) is 0 Å². The van der Waals surface area contributed by atoms with Gasteiger partial charge in [-0.15, -0.1) is 0 Å². The first-order valence-electron chi connectivity index (χ1n) is 2.79. The minimum atomic E-state index is 0. The van der Waals surface area contributed by atoms with Crippen molar-refractivity contribution in [2.24, 2.45) is 0 Å². The van der Waals surface area contributed by atoms with E-state index in [1.165, 1.54) is 25.7 Å². The van der Waals surface area contributed by atoms with Crippen LogP contribution in [0.5, 0.6) is 0 Å². The van der Waals surface area contributed by atoms with Gasteiger partial charge in [0.05, 0.1) is 0 Å². The molecule has 1 fully saturated rings. The molecule has 1 saturated carbocycles. The molecule has 0 aliphatic heterocycles. The number of hydrogen-bond donors (Lipinski definition) is 0. The molecular weight excluding hydrogens is 229 g/mol. The second-order valence-corrected chi connectivity index (χ2v) is 1.57. The minimum absolute atomic E-state index is 0. The Labute approximate surface area is 82.5 Å². The zero-order valence-electron chi connectivity index (χ0n) is 6.73. The SMILES string of the molecule is [CH-]1CCCC1.[CH-]=O.[CH-]=O.[CH3-].[Ru+4]. The monoisotopic (exact) mass is 244 g/mol. The van der Waals surface area contributed by atoms with E-state index in [4.69, 9.17) is 9.59 Å². The predicted octanol–water partition coefficient (Wildman–Crippen LogP) is 1.66. The third-order valence-electron chi connectivity index (χ3n) is 1.07. The van der Waals surface area contributed by atoms with E-state index < -0.39 is 0 Å². The van der Waals surface area contributed by atoms with Crippen molar-refractivity contribution < 1.29 is 29.1 Å². The quantitative estimate of drug-likeness (QED) is 0.368. The maximum Gasteiger partial charge on any atom is 4.00 e. The summed E-state index contributed by atoms with van der Waals surface area (Å²) in [6, 6.07) is 0. The van der Waals surface area contributed by atoms with E-state index in [0.717, 1.165) is 0 Å². The number of hydrogen-bond acceptors (Lipinski definition) is 2. The van der Waals surface area contributed by atoms with Crippen LogP contribution in [0.3, 0.4) is 0 Å². The van der Waals surface area contributed by atoms with E-state index in [1.807, 2.05) is 0 Å². The molecule has 0 unspecified atom stereocenters. The van der Waals surface area contributed by atoms with Gasteiger partial charge in [-0.2, -0.15) is 12.8 Å². The Hall–Kier alpha value is -0.0366. The molecule has 1 rings (SSSR count). The van der Waals surface area contributed by atoms with Crippen LogP contribution in [-0.4, -0.2) is 13.6 Å². The minimum Gasteiger partial charge on any atom is -0.545 e. The Balaban J connectivity index is -0.0000000369. The van der Waals surface area contributed by atoms with Crippen molar-refractivity contribution in [2.75, 3.05) is 0 Å². The first-order valence-corrected chi connectivity index (χ1v) is 2.79. The summed E-state index contributed by atoms with van der Waals surface area (Å²) in [5.74, 6) is 0. The zero-order chi connectivity index (χ0) is 7.54. The molecule has 1 aliphatic rings. The van der Waals surface area contributed by atoms with Gasteiger partial charge in [0.1, 0.15) is 0 Å². The van der Waals surface area contributed by atoms with Crippen LogP contribution < -0.4 is 0 Å². The van der Waals surface area contributed by atoms with Gasteiger partial charge in [-0.3, -0.25) is 13.6 Å². The molecule has 11 heavy (non-hydrogen) atoms. The Morgan fingerprint density at radius 1 is 0.909 bits per heavy atom. The van der Waals surface area contributed by atoms with Crippen LogP contribution in [0.15, 0.2) is 0 Å². The maximum atomic E-state index is 7.75. The molecule has 0 bridgehead atoms. The Bertz CT molecular complexity index is 37.7. The van der Waals surface area contributed by atoms with Crippen LogP contribution >= 0.6 is 0 Å². The van der Waals surface area contributed by atoms with Gasteiger partial charge in [-0.1, -0.05) is 12.8 Å². The first kappa shape index (κ1) is 22.4. The van der Waals surface area contributed by atoms with Crippen LogP contribution in [-0.2, 0) is 29.1 Å². The van der Waals surface area contributed by atoms with Crippen molar-refractivity contribution >= 4 is 13.6 Å². The summed E-state index contributed by atoms with van der Waals surface area (Å²) < 4.78 is 0.